The number of benzene rings is 2. The Balaban J connectivity index is 1.83. The number of hydrogen-bond donors (Lipinski definition) is 1. The third kappa shape index (κ3) is 3.93. The standard InChI is InChI=1S/C21H24N2O2S/c1-3-7-19(24)22-17-12-10-16(11-13-17)21-23(20(25)14-26-21)18-9-6-5-8-15(18)4-2/h5-6,8-13,21H,3-4,7,14H2,1-2H3,(H,22,24)/t21-/m1/s1. The summed E-state index contributed by atoms with van der Waals surface area (Å²) in [6.45, 7) is 4.09. The van der Waals surface area contributed by atoms with Crippen molar-refractivity contribution in [1.82, 2.24) is 0 Å². The number of amides is 2. The van der Waals surface area contributed by atoms with Crippen molar-refractivity contribution >= 4 is 35.0 Å². The molecule has 0 radical (unpaired) electrons. The highest BCUT2D eigenvalue weighted by molar-refractivity contribution is 8.00. The molecule has 0 unspecified atom stereocenters. The summed E-state index contributed by atoms with van der Waals surface area (Å²) in [6, 6.07) is 15.9. The number of para-hydroxylation sites is 1. The monoisotopic (exact) mass is 368 g/mol. The molecule has 4 nitrogen and oxygen atoms in total. The third-order valence-corrected chi connectivity index (χ3v) is 5.67. The minimum Gasteiger partial charge on any atom is -0.326 e. The second kappa shape index (κ2) is 8.41. The molecular formula is C21H24N2O2S. The van der Waals surface area contributed by atoms with Gasteiger partial charge in [-0.2, -0.15) is 0 Å². The molecule has 26 heavy (non-hydrogen) atoms. The Morgan fingerprint density at radius 2 is 1.88 bits per heavy atom. The summed E-state index contributed by atoms with van der Waals surface area (Å²) in [5, 5.41) is 2.87. The number of rotatable bonds is 6. The van der Waals surface area contributed by atoms with Crippen molar-refractivity contribution in [3.63, 3.8) is 0 Å². The van der Waals surface area contributed by atoms with Crippen molar-refractivity contribution in [3.8, 4) is 0 Å². The largest absolute Gasteiger partial charge is 0.326 e. The lowest BCUT2D eigenvalue weighted by atomic mass is 10.1. The molecule has 2 aromatic rings. The molecule has 2 aromatic carbocycles. The molecule has 5 heteroatoms. The van der Waals surface area contributed by atoms with Crippen LogP contribution in [0.1, 0.15) is 43.2 Å². The zero-order valence-electron chi connectivity index (χ0n) is 15.2. The highest BCUT2D eigenvalue weighted by atomic mass is 32.2. The summed E-state index contributed by atoms with van der Waals surface area (Å²) in [7, 11) is 0. The van der Waals surface area contributed by atoms with Gasteiger partial charge in [0.05, 0.1) is 5.75 Å². The van der Waals surface area contributed by atoms with Crippen LogP contribution in [0.3, 0.4) is 0 Å². The van der Waals surface area contributed by atoms with Crippen LogP contribution >= 0.6 is 11.8 Å². The van der Waals surface area contributed by atoms with E-state index in [2.05, 4.69) is 18.3 Å². The quantitative estimate of drug-likeness (QED) is 0.799. The van der Waals surface area contributed by atoms with Crippen LogP contribution in [-0.4, -0.2) is 17.6 Å². The summed E-state index contributed by atoms with van der Waals surface area (Å²) in [5.74, 6) is 0.655. The van der Waals surface area contributed by atoms with Crippen molar-refractivity contribution < 1.29 is 9.59 Å². The zero-order valence-corrected chi connectivity index (χ0v) is 16.0. The van der Waals surface area contributed by atoms with E-state index < -0.39 is 0 Å². The second-order valence-electron chi connectivity index (χ2n) is 6.33. The van der Waals surface area contributed by atoms with Gasteiger partial charge in [0.25, 0.3) is 0 Å². The van der Waals surface area contributed by atoms with Gasteiger partial charge in [0.2, 0.25) is 11.8 Å². The molecule has 0 saturated carbocycles. The Labute approximate surface area is 159 Å². The van der Waals surface area contributed by atoms with E-state index in [0.29, 0.717) is 12.2 Å². The number of carbonyl (C=O) groups is 2. The minimum absolute atomic E-state index is 0.0316. The fraction of sp³-hybridized carbons (Fsp3) is 0.333. The van der Waals surface area contributed by atoms with Gasteiger partial charge in [-0.15, -0.1) is 11.8 Å². The first-order chi connectivity index (χ1) is 12.6. The Morgan fingerprint density at radius 1 is 1.15 bits per heavy atom. The molecule has 1 atom stereocenters. The molecule has 1 heterocycles. The van der Waals surface area contributed by atoms with Gasteiger partial charge in [0.15, 0.2) is 0 Å². The molecule has 3 rings (SSSR count). The predicted octanol–water partition coefficient (Wildman–Crippen LogP) is 4.77. The van der Waals surface area contributed by atoms with E-state index in [1.54, 1.807) is 11.8 Å². The molecule has 1 saturated heterocycles. The van der Waals surface area contributed by atoms with Gasteiger partial charge in [0.1, 0.15) is 5.37 Å². The van der Waals surface area contributed by atoms with Crippen LogP contribution < -0.4 is 10.2 Å². The summed E-state index contributed by atoms with van der Waals surface area (Å²) in [5.41, 5.74) is 4.04. The summed E-state index contributed by atoms with van der Waals surface area (Å²) >= 11 is 1.64. The van der Waals surface area contributed by atoms with Crippen LogP contribution in [0.5, 0.6) is 0 Å². The summed E-state index contributed by atoms with van der Waals surface area (Å²) in [4.78, 5) is 26.2. The van der Waals surface area contributed by atoms with E-state index >= 15 is 0 Å². The normalized spacial score (nSPS) is 16.8. The highest BCUT2D eigenvalue weighted by Crippen LogP contribution is 2.43. The number of carbonyl (C=O) groups excluding carboxylic acids is 2. The number of hydrogen-bond acceptors (Lipinski definition) is 3. The molecule has 0 aromatic heterocycles. The van der Waals surface area contributed by atoms with Crippen molar-refractivity contribution in [2.75, 3.05) is 16.0 Å². The SMILES string of the molecule is CCCC(=O)Nc1ccc([C@H]2SCC(=O)N2c2ccccc2CC)cc1. The maximum atomic E-state index is 12.6. The first kappa shape index (κ1) is 18.5. The van der Waals surface area contributed by atoms with Crippen LogP contribution in [-0.2, 0) is 16.0 Å². The van der Waals surface area contributed by atoms with Crippen LogP contribution in [0.25, 0.3) is 0 Å². The molecule has 2 amide bonds. The molecule has 0 spiro atoms. The van der Waals surface area contributed by atoms with Gasteiger partial charge in [-0.05, 0) is 42.2 Å². The second-order valence-corrected chi connectivity index (χ2v) is 7.40. The third-order valence-electron chi connectivity index (χ3n) is 4.46. The Bertz CT molecular complexity index is 789. The smallest absolute Gasteiger partial charge is 0.238 e. The van der Waals surface area contributed by atoms with Crippen molar-refractivity contribution in [3.05, 3.63) is 59.7 Å². The van der Waals surface area contributed by atoms with E-state index in [-0.39, 0.29) is 17.2 Å². The first-order valence-corrected chi connectivity index (χ1v) is 10.1. The molecular weight excluding hydrogens is 344 g/mol. The van der Waals surface area contributed by atoms with Crippen LogP contribution in [0.4, 0.5) is 11.4 Å². The number of nitrogens with one attached hydrogen (secondary N) is 1. The van der Waals surface area contributed by atoms with Gasteiger partial charge in [0, 0.05) is 17.8 Å². The van der Waals surface area contributed by atoms with Crippen LogP contribution in [0.15, 0.2) is 48.5 Å². The van der Waals surface area contributed by atoms with Crippen molar-refractivity contribution in [2.45, 2.75) is 38.5 Å². The molecule has 0 bridgehead atoms. The lowest BCUT2D eigenvalue weighted by Crippen LogP contribution is -2.28. The number of thioether (sulfide) groups is 1. The van der Waals surface area contributed by atoms with Crippen molar-refractivity contribution in [2.24, 2.45) is 0 Å². The molecule has 0 aliphatic carbocycles. The van der Waals surface area contributed by atoms with Gasteiger partial charge < -0.3 is 5.32 Å². The van der Waals surface area contributed by atoms with E-state index in [0.717, 1.165) is 29.8 Å². The summed E-state index contributed by atoms with van der Waals surface area (Å²) < 4.78 is 0. The molecule has 1 aliphatic rings. The maximum Gasteiger partial charge on any atom is 0.238 e. The van der Waals surface area contributed by atoms with Crippen molar-refractivity contribution in [1.29, 1.82) is 0 Å². The first-order valence-electron chi connectivity index (χ1n) is 9.05. The number of anilines is 2. The van der Waals surface area contributed by atoms with Gasteiger partial charge in [-0.3, -0.25) is 14.5 Å². The zero-order chi connectivity index (χ0) is 18.5. The lowest BCUT2D eigenvalue weighted by Gasteiger charge is -2.26. The summed E-state index contributed by atoms with van der Waals surface area (Å²) in [6.07, 6.45) is 2.24. The Morgan fingerprint density at radius 3 is 2.58 bits per heavy atom. The predicted molar refractivity (Wildman–Crippen MR) is 108 cm³/mol. The number of aryl methyl sites for hydroxylation is 1. The Hall–Kier alpha value is -2.27. The molecule has 1 fully saturated rings. The van der Waals surface area contributed by atoms with Crippen LogP contribution in [0.2, 0.25) is 0 Å². The van der Waals surface area contributed by atoms with Gasteiger partial charge in [-0.25, -0.2) is 0 Å². The van der Waals surface area contributed by atoms with E-state index in [4.69, 9.17) is 0 Å². The highest BCUT2D eigenvalue weighted by Gasteiger charge is 2.34. The van der Waals surface area contributed by atoms with E-state index in [1.165, 1.54) is 5.56 Å². The fourth-order valence-corrected chi connectivity index (χ4v) is 4.33. The minimum atomic E-state index is -0.0319. The van der Waals surface area contributed by atoms with Gasteiger partial charge in [-0.1, -0.05) is 44.2 Å². The average molecular weight is 369 g/mol. The van der Waals surface area contributed by atoms with E-state index in [1.807, 2.05) is 54.3 Å². The van der Waals surface area contributed by atoms with Gasteiger partial charge >= 0.3 is 0 Å². The number of nitrogens with zero attached hydrogens (tertiary/aromatic N) is 1. The fourth-order valence-electron chi connectivity index (χ4n) is 3.16. The average Bonchev–Trinajstić information content (AvgIpc) is 3.04. The lowest BCUT2D eigenvalue weighted by molar-refractivity contribution is -0.116. The molecule has 136 valence electrons. The maximum absolute atomic E-state index is 12.6. The topological polar surface area (TPSA) is 49.4 Å². The molecule has 1 aliphatic heterocycles. The molecule has 1 N–H and O–H groups in total. The Kier molecular flexibility index (Phi) is 5.99. The van der Waals surface area contributed by atoms with Crippen LogP contribution in [0, 0.1) is 0 Å². The van der Waals surface area contributed by atoms with E-state index in [9.17, 15) is 9.59 Å².